The number of carbonyl (C=O) groups excluding carboxylic acids is 1. The first-order chi connectivity index (χ1) is 13.2. The third-order valence-electron chi connectivity index (χ3n) is 4.76. The van der Waals surface area contributed by atoms with Gasteiger partial charge in [0.25, 0.3) is 0 Å². The summed E-state index contributed by atoms with van der Waals surface area (Å²) in [6.07, 6.45) is 6.09. The van der Waals surface area contributed by atoms with Crippen molar-refractivity contribution in [1.29, 1.82) is 0 Å². The smallest absolute Gasteiger partial charge is 0.222 e. The first kappa shape index (κ1) is 18.1. The number of benzene rings is 1. The van der Waals surface area contributed by atoms with Crippen LogP contribution in [0.5, 0.6) is 0 Å². The average Bonchev–Trinajstić information content (AvgIpc) is 3.27. The van der Waals surface area contributed by atoms with Gasteiger partial charge in [-0.2, -0.15) is 5.10 Å². The molecule has 142 valence electrons. The summed E-state index contributed by atoms with van der Waals surface area (Å²) >= 11 is 1.72. The molecule has 1 amide bonds. The van der Waals surface area contributed by atoms with E-state index in [0.717, 1.165) is 28.9 Å². The van der Waals surface area contributed by atoms with Crippen molar-refractivity contribution in [2.75, 3.05) is 19.7 Å². The van der Waals surface area contributed by atoms with Gasteiger partial charge < -0.3 is 9.64 Å². The third-order valence-corrected chi connectivity index (χ3v) is 5.86. The maximum absolute atomic E-state index is 12.6. The normalized spacial score (nSPS) is 17.5. The Morgan fingerprint density at radius 3 is 3.07 bits per heavy atom. The Balaban J connectivity index is 1.26. The van der Waals surface area contributed by atoms with E-state index >= 15 is 0 Å². The van der Waals surface area contributed by atoms with E-state index in [9.17, 15) is 4.79 Å². The Bertz CT molecular complexity index is 886. The molecular formula is C20H24N4O2S. The molecule has 2 aromatic heterocycles. The number of para-hydroxylation sites is 1. The van der Waals surface area contributed by atoms with E-state index in [-0.39, 0.29) is 12.0 Å². The van der Waals surface area contributed by atoms with Crippen molar-refractivity contribution in [2.45, 2.75) is 38.8 Å². The molecule has 1 fully saturated rings. The zero-order valence-electron chi connectivity index (χ0n) is 15.5. The lowest BCUT2D eigenvalue weighted by atomic mass is 10.2. The third kappa shape index (κ3) is 4.54. The van der Waals surface area contributed by atoms with Gasteiger partial charge in [-0.25, -0.2) is 4.98 Å². The number of carbonyl (C=O) groups is 1. The molecule has 0 bridgehead atoms. The van der Waals surface area contributed by atoms with Crippen LogP contribution in [0, 0.1) is 6.92 Å². The highest BCUT2D eigenvalue weighted by atomic mass is 32.1. The van der Waals surface area contributed by atoms with Crippen LogP contribution in [0.4, 0.5) is 0 Å². The molecule has 0 spiro atoms. The summed E-state index contributed by atoms with van der Waals surface area (Å²) < 4.78 is 8.92. The number of thiazole rings is 1. The molecule has 1 saturated heterocycles. The molecule has 0 radical (unpaired) electrons. The Labute approximate surface area is 162 Å². The van der Waals surface area contributed by atoms with Gasteiger partial charge in [-0.3, -0.25) is 9.48 Å². The number of hydrogen-bond acceptors (Lipinski definition) is 5. The van der Waals surface area contributed by atoms with E-state index in [1.54, 1.807) is 11.3 Å². The van der Waals surface area contributed by atoms with E-state index in [4.69, 9.17) is 4.74 Å². The maximum atomic E-state index is 12.6. The first-order valence-electron chi connectivity index (χ1n) is 9.40. The second kappa shape index (κ2) is 8.19. The largest absolute Gasteiger partial charge is 0.373 e. The van der Waals surface area contributed by atoms with Gasteiger partial charge >= 0.3 is 0 Å². The van der Waals surface area contributed by atoms with E-state index in [1.165, 1.54) is 4.70 Å². The Morgan fingerprint density at radius 1 is 1.37 bits per heavy atom. The highest BCUT2D eigenvalue weighted by molar-refractivity contribution is 7.18. The number of aryl methyl sites for hydroxylation is 2. The predicted molar refractivity (Wildman–Crippen MR) is 106 cm³/mol. The zero-order chi connectivity index (χ0) is 18.6. The predicted octanol–water partition coefficient (Wildman–Crippen LogP) is 3.05. The standard InChI is InChI=1S/C20H24N4O2S/c1-15-11-21-24(12-15)14-16-13-23(9-10-26-16)20(25)8-4-7-19-22-17-5-2-3-6-18(17)27-19/h2-3,5-6,11-12,16H,4,7-10,13-14H2,1H3. The Hall–Kier alpha value is -2.25. The summed E-state index contributed by atoms with van der Waals surface area (Å²) in [5.74, 6) is 0.209. The van der Waals surface area contributed by atoms with E-state index in [2.05, 4.69) is 16.1 Å². The van der Waals surface area contributed by atoms with Crippen LogP contribution < -0.4 is 0 Å². The summed E-state index contributed by atoms with van der Waals surface area (Å²) in [5, 5.41) is 5.42. The van der Waals surface area contributed by atoms with Crippen molar-refractivity contribution >= 4 is 27.5 Å². The number of amides is 1. The lowest BCUT2D eigenvalue weighted by Gasteiger charge is -2.33. The second-order valence-corrected chi connectivity index (χ2v) is 8.12. The van der Waals surface area contributed by atoms with Gasteiger partial charge in [0.05, 0.1) is 40.7 Å². The van der Waals surface area contributed by atoms with Crippen LogP contribution in [0.15, 0.2) is 36.7 Å². The van der Waals surface area contributed by atoms with Gasteiger partial charge in [0.15, 0.2) is 0 Å². The topological polar surface area (TPSA) is 60.2 Å². The molecule has 6 nitrogen and oxygen atoms in total. The zero-order valence-corrected chi connectivity index (χ0v) is 16.3. The first-order valence-corrected chi connectivity index (χ1v) is 10.2. The molecule has 1 atom stereocenters. The van der Waals surface area contributed by atoms with Crippen LogP contribution in [0.2, 0.25) is 0 Å². The lowest BCUT2D eigenvalue weighted by Crippen LogP contribution is -2.47. The van der Waals surface area contributed by atoms with Gasteiger partial charge in [-0.1, -0.05) is 12.1 Å². The highest BCUT2D eigenvalue weighted by Crippen LogP contribution is 2.23. The van der Waals surface area contributed by atoms with Crippen LogP contribution in [0.1, 0.15) is 23.4 Å². The molecule has 1 unspecified atom stereocenters. The number of rotatable bonds is 6. The summed E-state index contributed by atoms with van der Waals surface area (Å²) in [6, 6.07) is 8.17. The van der Waals surface area contributed by atoms with Crippen LogP contribution in [0.3, 0.4) is 0 Å². The second-order valence-electron chi connectivity index (χ2n) is 7.00. The minimum Gasteiger partial charge on any atom is -0.373 e. The summed E-state index contributed by atoms with van der Waals surface area (Å²) in [6.45, 7) is 4.61. The molecule has 7 heteroatoms. The Kier molecular flexibility index (Phi) is 5.50. The van der Waals surface area contributed by atoms with E-state index in [1.807, 2.05) is 47.1 Å². The van der Waals surface area contributed by atoms with Crippen LogP contribution in [-0.2, 0) is 22.5 Å². The van der Waals surface area contributed by atoms with Crippen LogP contribution in [0.25, 0.3) is 10.2 Å². The number of hydrogen-bond donors (Lipinski definition) is 0. The molecule has 4 rings (SSSR count). The number of nitrogens with zero attached hydrogens (tertiary/aromatic N) is 4. The van der Waals surface area contributed by atoms with Gasteiger partial charge in [0, 0.05) is 25.7 Å². The fourth-order valence-electron chi connectivity index (χ4n) is 3.41. The molecule has 1 aliphatic rings. The van der Waals surface area contributed by atoms with Crippen LogP contribution >= 0.6 is 11.3 Å². The average molecular weight is 385 g/mol. The molecule has 1 aromatic carbocycles. The molecule has 1 aliphatic heterocycles. The van der Waals surface area contributed by atoms with Gasteiger partial charge in [-0.15, -0.1) is 11.3 Å². The quantitative estimate of drug-likeness (QED) is 0.655. The summed E-state index contributed by atoms with van der Waals surface area (Å²) in [5.41, 5.74) is 2.18. The molecule has 0 saturated carbocycles. The van der Waals surface area contributed by atoms with Crippen molar-refractivity contribution in [2.24, 2.45) is 0 Å². The van der Waals surface area contributed by atoms with Gasteiger partial charge in [-0.05, 0) is 37.5 Å². The van der Waals surface area contributed by atoms with Crippen molar-refractivity contribution in [3.63, 3.8) is 0 Å². The summed E-state index contributed by atoms with van der Waals surface area (Å²) in [7, 11) is 0. The van der Waals surface area contributed by atoms with Crippen molar-refractivity contribution in [3.05, 3.63) is 47.2 Å². The van der Waals surface area contributed by atoms with Crippen molar-refractivity contribution in [1.82, 2.24) is 19.7 Å². The molecule has 27 heavy (non-hydrogen) atoms. The lowest BCUT2D eigenvalue weighted by molar-refractivity contribution is -0.139. The minimum absolute atomic E-state index is 0.00580. The van der Waals surface area contributed by atoms with Gasteiger partial charge in [0.1, 0.15) is 0 Å². The molecule has 3 heterocycles. The molecule has 0 N–H and O–H groups in total. The number of morpholine rings is 1. The molecule has 0 aliphatic carbocycles. The number of ether oxygens (including phenoxy) is 1. The monoisotopic (exact) mass is 384 g/mol. The molecular weight excluding hydrogens is 360 g/mol. The maximum Gasteiger partial charge on any atom is 0.222 e. The van der Waals surface area contributed by atoms with Gasteiger partial charge in [0.2, 0.25) is 5.91 Å². The van der Waals surface area contributed by atoms with Crippen LogP contribution in [-0.4, -0.2) is 51.4 Å². The molecule has 3 aromatic rings. The SMILES string of the molecule is Cc1cnn(CC2CN(C(=O)CCCc3nc4ccccc4s3)CCO2)c1. The fraction of sp³-hybridized carbons (Fsp3) is 0.450. The van der Waals surface area contributed by atoms with E-state index < -0.39 is 0 Å². The Morgan fingerprint density at radius 2 is 2.26 bits per heavy atom. The van der Waals surface area contributed by atoms with Crippen molar-refractivity contribution < 1.29 is 9.53 Å². The van der Waals surface area contributed by atoms with E-state index in [0.29, 0.717) is 32.7 Å². The number of fused-ring (bicyclic) bond motifs is 1. The fourth-order valence-corrected chi connectivity index (χ4v) is 4.42. The summed E-state index contributed by atoms with van der Waals surface area (Å²) in [4.78, 5) is 19.2. The highest BCUT2D eigenvalue weighted by Gasteiger charge is 2.24. The minimum atomic E-state index is 0.00580. The van der Waals surface area contributed by atoms with Crippen molar-refractivity contribution in [3.8, 4) is 0 Å². The number of aromatic nitrogens is 3.